The lowest BCUT2D eigenvalue weighted by atomic mass is 10.5. The van der Waals surface area contributed by atoms with E-state index in [1.54, 1.807) is 0 Å². The molecule has 104 valence electrons. The summed E-state index contributed by atoms with van der Waals surface area (Å²) in [5.41, 5.74) is 9.53. The number of hydrogen-bond donors (Lipinski definition) is 4. The third kappa shape index (κ3) is 3.61. The Morgan fingerprint density at radius 2 is 2.21 bits per heavy atom. The largest absolute Gasteiger partial charge is 0.382 e. The molecule has 11 heteroatoms. The van der Waals surface area contributed by atoms with Gasteiger partial charge in [0.25, 0.3) is 0 Å². The fourth-order valence-electron chi connectivity index (χ4n) is 1.39. The van der Waals surface area contributed by atoms with Crippen LogP contribution in [0.15, 0.2) is 12.7 Å². The van der Waals surface area contributed by atoms with Crippen molar-refractivity contribution in [3.05, 3.63) is 12.7 Å². The minimum atomic E-state index is -4.12. The average Bonchev–Trinajstić information content (AvgIpc) is 2.72. The number of rotatable bonds is 6. The van der Waals surface area contributed by atoms with Crippen LogP contribution in [-0.2, 0) is 9.30 Å². The van der Waals surface area contributed by atoms with Gasteiger partial charge in [0.05, 0.1) is 13.2 Å². The fraction of sp³-hybridized carbons (Fsp3) is 0.375. The number of nitrogens with one attached hydrogen (secondary N) is 1. The number of fused-ring (bicyclic) bond motifs is 1. The van der Waals surface area contributed by atoms with E-state index in [2.05, 4.69) is 20.4 Å². The van der Waals surface area contributed by atoms with Gasteiger partial charge in [-0.2, -0.15) is 0 Å². The van der Waals surface area contributed by atoms with Crippen molar-refractivity contribution in [1.29, 1.82) is 0 Å². The zero-order valence-electron chi connectivity index (χ0n) is 9.80. The minimum Gasteiger partial charge on any atom is -0.382 e. The van der Waals surface area contributed by atoms with Crippen molar-refractivity contribution in [3.8, 4) is 0 Å². The molecule has 0 amide bonds. The van der Waals surface area contributed by atoms with Crippen LogP contribution < -0.4 is 11.2 Å². The molecule has 10 nitrogen and oxygen atoms in total. The molecule has 0 aromatic carbocycles. The standard InChI is InChI=1S/C8H13N6O4P/c9-7-6-8(11-3-10-7)14(4-12-6)13-1-2-18-5-19(15,16)17/h3-4,13H,1-2,5H2,(H2,9,10,11)(H2,15,16,17). The number of nitrogens with zero attached hydrogens (tertiary/aromatic N) is 4. The smallest absolute Gasteiger partial charge is 0.350 e. The SMILES string of the molecule is Nc1ncnc2c1ncn2NCCOCP(=O)(O)O. The molecule has 0 unspecified atom stereocenters. The first kappa shape index (κ1) is 13.7. The summed E-state index contributed by atoms with van der Waals surface area (Å²) in [4.78, 5) is 29.1. The summed E-state index contributed by atoms with van der Waals surface area (Å²) >= 11 is 0. The van der Waals surface area contributed by atoms with Gasteiger partial charge < -0.3 is 25.7 Å². The van der Waals surface area contributed by atoms with Gasteiger partial charge in [-0.25, -0.2) is 19.6 Å². The summed E-state index contributed by atoms with van der Waals surface area (Å²) in [6.07, 6.45) is 2.20. The highest BCUT2D eigenvalue weighted by atomic mass is 31.2. The van der Waals surface area contributed by atoms with E-state index in [1.165, 1.54) is 17.3 Å². The number of anilines is 1. The highest BCUT2D eigenvalue weighted by Gasteiger charge is 2.12. The van der Waals surface area contributed by atoms with Gasteiger partial charge in [0, 0.05) is 0 Å². The number of imidazole rings is 1. The molecular weight excluding hydrogens is 275 g/mol. The highest BCUT2D eigenvalue weighted by molar-refractivity contribution is 7.51. The minimum absolute atomic E-state index is 0.130. The van der Waals surface area contributed by atoms with E-state index < -0.39 is 13.9 Å². The molecule has 0 radical (unpaired) electrons. The molecule has 2 aromatic heterocycles. The van der Waals surface area contributed by atoms with Crippen LogP contribution >= 0.6 is 7.60 Å². The second-order valence-electron chi connectivity index (χ2n) is 3.66. The van der Waals surface area contributed by atoms with E-state index in [0.717, 1.165) is 0 Å². The van der Waals surface area contributed by atoms with Crippen LogP contribution in [0.1, 0.15) is 0 Å². The molecule has 5 N–H and O–H groups in total. The Labute approximate surface area is 107 Å². The van der Waals surface area contributed by atoms with Crippen molar-refractivity contribution in [1.82, 2.24) is 19.6 Å². The van der Waals surface area contributed by atoms with E-state index in [9.17, 15) is 4.57 Å². The van der Waals surface area contributed by atoms with Crippen molar-refractivity contribution in [2.45, 2.75) is 0 Å². The van der Waals surface area contributed by atoms with Crippen molar-refractivity contribution in [3.63, 3.8) is 0 Å². The first-order chi connectivity index (χ1) is 8.97. The Morgan fingerprint density at radius 1 is 1.42 bits per heavy atom. The maximum Gasteiger partial charge on any atom is 0.350 e. The van der Waals surface area contributed by atoms with E-state index in [4.69, 9.17) is 20.3 Å². The second kappa shape index (κ2) is 5.49. The zero-order chi connectivity index (χ0) is 13.9. The van der Waals surface area contributed by atoms with Crippen molar-refractivity contribution >= 4 is 24.6 Å². The number of aromatic nitrogens is 4. The predicted molar refractivity (Wildman–Crippen MR) is 66.8 cm³/mol. The zero-order valence-corrected chi connectivity index (χ0v) is 10.7. The van der Waals surface area contributed by atoms with E-state index in [1.807, 2.05) is 0 Å². The monoisotopic (exact) mass is 288 g/mol. The number of nitrogens with two attached hydrogens (primary N) is 1. The summed E-state index contributed by atoms with van der Waals surface area (Å²) in [5.74, 6) is 0.281. The van der Waals surface area contributed by atoms with E-state index >= 15 is 0 Å². The van der Waals surface area contributed by atoms with Gasteiger partial charge in [-0.1, -0.05) is 0 Å². The number of hydrogen-bond acceptors (Lipinski definition) is 7. The van der Waals surface area contributed by atoms with Crippen molar-refractivity contribution < 1.29 is 19.1 Å². The quantitative estimate of drug-likeness (QED) is 0.392. The second-order valence-corrected chi connectivity index (χ2v) is 5.24. The Balaban J connectivity index is 1.89. The Hall–Kier alpha value is -1.74. The fourth-order valence-corrected chi connectivity index (χ4v) is 1.76. The average molecular weight is 288 g/mol. The van der Waals surface area contributed by atoms with Gasteiger partial charge in [-0.05, 0) is 0 Å². The van der Waals surface area contributed by atoms with Crippen molar-refractivity contribution in [2.24, 2.45) is 0 Å². The van der Waals surface area contributed by atoms with Gasteiger partial charge >= 0.3 is 7.60 Å². The molecule has 19 heavy (non-hydrogen) atoms. The van der Waals surface area contributed by atoms with Gasteiger partial charge in [-0.3, -0.25) is 4.57 Å². The summed E-state index contributed by atoms with van der Waals surface area (Å²) < 4.78 is 16.9. The molecule has 0 saturated carbocycles. The lowest BCUT2D eigenvalue weighted by Gasteiger charge is -2.08. The predicted octanol–water partition coefficient (Wildman–Crippen LogP) is -0.896. The van der Waals surface area contributed by atoms with Crippen LogP contribution in [0.2, 0.25) is 0 Å². The molecule has 0 aliphatic carbocycles. The molecule has 0 fully saturated rings. The molecule has 0 saturated heterocycles. The topological polar surface area (TPSA) is 148 Å². The molecule has 2 heterocycles. The third-order valence-electron chi connectivity index (χ3n) is 2.15. The van der Waals surface area contributed by atoms with Gasteiger partial charge in [0.15, 0.2) is 17.0 Å². The molecule has 2 rings (SSSR count). The molecule has 0 aliphatic heterocycles. The maximum atomic E-state index is 10.5. The van der Waals surface area contributed by atoms with Crippen LogP contribution in [0.3, 0.4) is 0 Å². The van der Waals surface area contributed by atoms with Crippen molar-refractivity contribution in [2.75, 3.05) is 30.7 Å². The summed E-state index contributed by atoms with van der Waals surface area (Å²) in [7, 11) is -4.12. The highest BCUT2D eigenvalue weighted by Crippen LogP contribution is 2.33. The molecular formula is C8H13N6O4P. The van der Waals surface area contributed by atoms with E-state index in [-0.39, 0.29) is 12.4 Å². The Morgan fingerprint density at radius 3 is 2.95 bits per heavy atom. The Kier molecular flexibility index (Phi) is 3.96. The van der Waals surface area contributed by atoms with Crippen LogP contribution in [0.5, 0.6) is 0 Å². The van der Waals surface area contributed by atoms with Crippen LogP contribution in [0.4, 0.5) is 5.82 Å². The first-order valence-electron chi connectivity index (χ1n) is 5.27. The van der Waals surface area contributed by atoms with Gasteiger partial charge in [0.2, 0.25) is 0 Å². The number of nitrogen functional groups attached to an aromatic ring is 1. The van der Waals surface area contributed by atoms with Crippen LogP contribution in [0, 0.1) is 0 Å². The van der Waals surface area contributed by atoms with Crippen LogP contribution in [-0.4, -0.2) is 48.9 Å². The van der Waals surface area contributed by atoms with Gasteiger partial charge in [0.1, 0.15) is 19.0 Å². The lowest BCUT2D eigenvalue weighted by Crippen LogP contribution is -2.19. The van der Waals surface area contributed by atoms with E-state index in [0.29, 0.717) is 17.7 Å². The summed E-state index contributed by atoms with van der Waals surface area (Å²) in [6.45, 7) is 0.459. The molecule has 0 bridgehead atoms. The molecule has 2 aromatic rings. The third-order valence-corrected chi connectivity index (χ3v) is 2.67. The first-order valence-corrected chi connectivity index (χ1v) is 7.07. The lowest BCUT2D eigenvalue weighted by molar-refractivity contribution is 0.165. The van der Waals surface area contributed by atoms with Gasteiger partial charge in [-0.15, -0.1) is 0 Å². The maximum absolute atomic E-state index is 10.5. The molecule has 0 atom stereocenters. The number of ether oxygens (including phenoxy) is 1. The molecule has 0 spiro atoms. The normalized spacial score (nSPS) is 11.9. The summed E-state index contributed by atoms with van der Waals surface area (Å²) in [5, 5.41) is 0. The van der Waals surface area contributed by atoms with Crippen LogP contribution in [0.25, 0.3) is 11.2 Å². The Bertz CT molecular complexity index is 610. The molecule has 0 aliphatic rings. The summed E-state index contributed by atoms with van der Waals surface area (Å²) in [6, 6.07) is 0.